The molecule has 1 aromatic rings. The van der Waals surface area contributed by atoms with Gasteiger partial charge < -0.3 is 10.7 Å². The molecule has 8 nitrogen and oxygen atoms in total. The van der Waals surface area contributed by atoms with Gasteiger partial charge in [-0.25, -0.2) is 19.2 Å². The quantitative estimate of drug-likeness (QED) is 0.399. The summed E-state index contributed by atoms with van der Waals surface area (Å²) in [5.41, 5.74) is 2.30. The number of hydrogen-bond acceptors (Lipinski definition) is 6. The van der Waals surface area contributed by atoms with E-state index >= 15 is 0 Å². The molecule has 112 valence electrons. The lowest BCUT2D eigenvalue weighted by atomic mass is 10.3. The van der Waals surface area contributed by atoms with Gasteiger partial charge in [0, 0.05) is 12.7 Å². The Hall–Kier alpha value is -1.71. The van der Waals surface area contributed by atoms with Crippen LogP contribution in [0.15, 0.2) is 23.2 Å². The molecule has 1 atom stereocenters. The number of carbonyl (C=O) groups is 1. The van der Waals surface area contributed by atoms with Crippen LogP contribution in [0, 0.1) is 0 Å². The zero-order valence-corrected chi connectivity index (χ0v) is 12.2. The number of aromatic nitrogens is 1. The second-order valence-electron chi connectivity index (χ2n) is 4.16. The number of hydrogen-bond donors (Lipinski definition) is 4. The maximum Gasteiger partial charge on any atom is 0.242 e. The predicted molar refractivity (Wildman–Crippen MR) is 75.1 cm³/mol. The fraction of sp³-hybridized carbons (Fsp3) is 0.455. The van der Waals surface area contributed by atoms with Crippen molar-refractivity contribution in [3.05, 3.63) is 18.3 Å². The topological polar surface area (TPSA) is 126 Å². The van der Waals surface area contributed by atoms with Crippen LogP contribution in [0.25, 0.3) is 0 Å². The number of nitrogens with one attached hydrogen (secondary N) is 3. The Morgan fingerprint density at radius 3 is 2.65 bits per heavy atom. The SMILES string of the molecule is CCCNC(=O)C(C)NS(=O)(=O)c1ccc(NN)nc1. The van der Waals surface area contributed by atoms with Gasteiger partial charge in [-0.2, -0.15) is 4.72 Å². The third kappa shape index (κ3) is 4.44. The number of nitrogens with zero attached hydrogens (tertiary/aromatic N) is 1. The first kappa shape index (κ1) is 16.3. The molecule has 1 amide bonds. The Balaban J connectivity index is 2.75. The summed E-state index contributed by atoms with van der Waals surface area (Å²) >= 11 is 0. The highest BCUT2D eigenvalue weighted by atomic mass is 32.2. The maximum atomic E-state index is 12.0. The van der Waals surface area contributed by atoms with Crippen LogP contribution in [0.2, 0.25) is 0 Å². The van der Waals surface area contributed by atoms with Crippen molar-refractivity contribution in [2.45, 2.75) is 31.2 Å². The molecule has 0 radical (unpaired) electrons. The summed E-state index contributed by atoms with van der Waals surface area (Å²) in [6.45, 7) is 3.89. The van der Waals surface area contributed by atoms with Crippen LogP contribution in [0.1, 0.15) is 20.3 Å². The normalized spacial score (nSPS) is 12.8. The zero-order chi connectivity index (χ0) is 15.2. The molecule has 0 aliphatic carbocycles. The highest BCUT2D eigenvalue weighted by Gasteiger charge is 2.21. The van der Waals surface area contributed by atoms with E-state index in [0.717, 1.165) is 12.6 Å². The minimum absolute atomic E-state index is 0.0355. The Bertz CT molecular complexity index is 544. The van der Waals surface area contributed by atoms with Crippen LogP contribution >= 0.6 is 0 Å². The highest BCUT2D eigenvalue weighted by Crippen LogP contribution is 2.10. The monoisotopic (exact) mass is 301 g/mol. The van der Waals surface area contributed by atoms with Gasteiger partial charge in [0.05, 0.1) is 6.04 Å². The van der Waals surface area contributed by atoms with Crippen molar-refractivity contribution in [2.24, 2.45) is 5.84 Å². The Labute approximate surface area is 118 Å². The highest BCUT2D eigenvalue weighted by molar-refractivity contribution is 7.89. The van der Waals surface area contributed by atoms with E-state index in [4.69, 9.17) is 5.84 Å². The number of sulfonamides is 1. The van der Waals surface area contributed by atoms with E-state index in [1.165, 1.54) is 19.1 Å². The molecule has 0 fully saturated rings. The van der Waals surface area contributed by atoms with Gasteiger partial charge in [0.1, 0.15) is 10.7 Å². The van der Waals surface area contributed by atoms with Gasteiger partial charge in [0.2, 0.25) is 15.9 Å². The second kappa shape index (κ2) is 7.17. The lowest BCUT2D eigenvalue weighted by molar-refractivity contribution is -0.122. The van der Waals surface area contributed by atoms with Crippen molar-refractivity contribution in [3.63, 3.8) is 0 Å². The molecule has 1 heterocycles. The summed E-state index contributed by atoms with van der Waals surface area (Å²) in [6.07, 6.45) is 1.94. The third-order valence-electron chi connectivity index (χ3n) is 2.47. The van der Waals surface area contributed by atoms with E-state index in [1.54, 1.807) is 0 Å². The first-order valence-corrected chi connectivity index (χ1v) is 7.61. The number of nitrogens with two attached hydrogens (primary N) is 1. The van der Waals surface area contributed by atoms with E-state index in [2.05, 4.69) is 20.4 Å². The van der Waals surface area contributed by atoms with E-state index in [1.807, 2.05) is 6.92 Å². The van der Waals surface area contributed by atoms with Gasteiger partial charge in [0.15, 0.2) is 0 Å². The van der Waals surface area contributed by atoms with Gasteiger partial charge in [-0.15, -0.1) is 0 Å². The summed E-state index contributed by atoms with van der Waals surface area (Å²) in [5, 5.41) is 2.62. The lowest BCUT2D eigenvalue weighted by Gasteiger charge is -2.14. The van der Waals surface area contributed by atoms with Crippen LogP contribution in [0.4, 0.5) is 5.82 Å². The van der Waals surface area contributed by atoms with Gasteiger partial charge in [-0.05, 0) is 25.5 Å². The van der Waals surface area contributed by atoms with E-state index in [0.29, 0.717) is 12.4 Å². The van der Waals surface area contributed by atoms with Crippen molar-refractivity contribution in [1.82, 2.24) is 15.0 Å². The van der Waals surface area contributed by atoms with Gasteiger partial charge >= 0.3 is 0 Å². The molecule has 1 unspecified atom stereocenters. The average Bonchev–Trinajstić information content (AvgIpc) is 2.44. The van der Waals surface area contributed by atoms with Crippen molar-refractivity contribution in [3.8, 4) is 0 Å². The van der Waals surface area contributed by atoms with Crippen LogP contribution in [0.3, 0.4) is 0 Å². The van der Waals surface area contributed by atoms with Gasteiger partial charge in [0.25, 0.3) is 0 Å². The fourth-order valence-corrected chi connectivity index (χ4v) is 2.53. The summed E-state index contributed by atoms with van der Waals surface area (Å²) in [5.74, 6) is 5.12. The van der Waals surface area contributed by atoms with E-state index < -0.39 is 16.1 Å². The van der Waals surface area contributed by atoms with Crippen LogP contribution in [-0.2, 0) is 14.8 Å². The van der Waals surface area contributed by atoms with Gasteiger partial charge in [-0.3, -0.25) is 4.79 Å². The van der Waals surface area contributed by atoms with Crippen molar-refractivity contribution in [1.29, 1.82) is 0 Å². The van der Waals surface area contributed by atoms with Crippen molar-refractivity contribution >= 4 is 21.7 Å². The number of carbonyl (C=O) groups excluding carboxylic acids is 1. The number of anilines is 1. The first-order valence-electron chi connectivity index (χ1n) is 6.13. The minimum Gasteiger partial charge on any atom is -0.355 e. The van der Waals surface area contributed by atoms with Crippen LogP contribution in [-0.4, -0.2) is 31.9 Å². The number of nitrogen functional groups attached to an aromatic ring is 1. The summed E-state index contributed by atoms with van der Waals surface area (Å²) in [4.78, 5) is 15.4. The molecule has 0 spiro atoms. The molecule has 0 bridgehead atoms. The maximum absolute atomic E-state index is 12.0. The Morgan fingerprint density at radius 2 is 2.15 bits per heavy atom. The molecule has 0 aliphatic heterocycles. The largest absolute Gasteiger partial charge is 0.355 e. The molecule has 5 N–H and O–H groups in total. The minimum atomic E-state index is -3.80. The molecular formula is C11H19N5O3S. The van der Waals surface area contributed by atoms with E-state index in [9.17, 15) is 13.2 Å². The molecule has 1 aromatic heterocycles. The molecule has 0 saturated carbocycles. The number of amides is 1. The smallest absolute Gasteiger partial charge is 0.242 e. The lowest BCUT2D eigenvalue weighted by Crippen LogP contribution is -2.44. The number of hydrazine groups is 1. The number of pyridine rings is 1. The van der Waals surface area contributed by atoms with Gasteiger partial charge in [-0.1, -0.05) is 6.92 Å². The summed E-state index contributed by atoms with van der Waals surface area (Å²) < 4.78 is 26.4. The Kier molecular flexibility index (Phi) is 5.86. The van der Waals surface area contributed by atoms with Crippen molar-refractivity contribution < 1.29 is 13.2 Å². The molecule has 1 rings (SSSR count). The fourth-order valence-electron chi connectivity index (χ4n) is 1.38. The Morgan fingerprint density at radius 1 is 1.45 bits per heavy atom. The average molecular weight is 301 g/mol. The van der Waals surface area contributed by atoms with Crippen LogP contribution in [0.5, 0.6) is 0 Å². The summed E-state index contributed by atoms with van der Waals surface area (Å²) in [7, 11) is -3.80. The molecular weight excluding hydrogens is 282 g/mol. The number of rotatable bonds is 7. The van der Waals surface area contributed by atoms with Crippen LogP contribution < -0.4 is 21.3 Å². The molecule has 0 saturated heterocycles. The molecule has 0 aliphatic rings. The van der Waals surface area contributed by atoms with E-state index in [-0.39, 0.29) is 10.8 Å². The molecule has 9 heteroatoms. The summed E-state index contributed by atoms with van der Waals surface area (Å²) in [6, 6.07) is 1.91. The first-order chi connectivity index (χ1) is 9.40. The van der Waals surface area contributed by atoms with Crippen molar-refractivity contribution in [2.75, 3.05) is 12.0 Å². The zero-order valence-electron chi connectivity index (χ0n) is 11.4. The third-order valence-corrected chi connectivity index (χ3v) is 3.99. The molecule has 0 aromatic carbocycles. The second-order valence-corrected chi connectivity index (χ2v) is 5.87. The standard InChI is InChI=1S/C11H19N5O3S/c1-3-6-13-11(17)8(2)16-20(18,19)9-4-5-10(15-12)14-7-9/h4-5,7-8,16H,3,6,12H2,1-2H3,(H,13,17)(H,14,15). The molecule has 20 heavy (non-hydrogen) atoms. The predicted octanol–water partition coefficient (Wildman–Crippen LogP) is -0.440.